The maximum atomic E-state index is 4.03. The minimum Gasteiger partial charge on any atom is -0.314 e. The van der Waals surface area contributed by atoms with E-state index in [-0.39, 0.29) is 0 Å². The van der Waals surface area contributed by atoms with E-state index in [1.165, 1.54) is 0 Å². The van der Waals surface area contributed by atoms with Crippen molar-refractivity contribution in [3.8, 4) is 0 Å². The molecule has 0 amide bonds. The summed E-state index contributed by atoms with van der Waals surface area (Å²) in [5, 5.41) is 11.0. The van der Waals surface area contributed by atoms with Gasteiger partial charge in [0.05, 0.1) is 6.54 Å². The van der Waals surface area contributed by atoms with E-state index in [2.05, 4.69) is 33.9 Å². The maximum Gasteiger partial charge on any atom is 0.147 e. The molecule has 4 heteroatoms. The number of hydrogen-bond donors (Lipinski definition) is 1. The third kappa shape index (κ3) is 1.82. The van der Waals surface area contributed by atoms with Crippen LogP contribution in [0.2, 0.25) is 0 Å². The van der Waals surface area contributed by atoms with Gasteiger partial charge in [0.2, 0.25) is 0 Å². The summed E-state index contributed by atoms with van der Waals surface area (Å²) in [6.07, 6.45) is 2.90. The van der Waals surface area contributed by atoms with Crippen molar-refractivity contribution in [2.45, 2.75) is 32.9 Å². The molecule has 0 aliphatic carbocycles. The molecule has 68 valence electrons. The molecule has 0 spiro atoms. The molecular weight excluding hydrogens is 152 g/mol. The van der Waals surface area contributed by atoms with Crippen LogP contribution in [-0.2, 0) is 6.54 Å². The van der Waals surface area contributed by atoms with Crippen molar-refractivity contribution < 1.29 is 0 Å². The van der Waals surface area contributed by atoms with Gasteiger partial charge < -0.3 is 9.88 Å². The van der Waals surface area contributed by atoms with Crippen LogP contribution >= 0.6 is 0 Å². The number of aromatic nitrogens is 3. The van der Waals surface area contributed by atoms with Gasteiger partial charge in [0.15, 0.2) is 0 Å². The van der Waals surface area contributed by atoms with E-state index >= 15 is 0 Å². The Balaban J connectivity index is 2.76. The first kappa shape index (κ1) is 9.19. The summed E-state index contributed by atoms with van der Waals surface area (Å²) in [6.45, 7) is 5.11. The van der Waals surface area contributed by atoms with Crippen LogP contribution in [0.1, 0.15) is 32.1 Å². The molecule has 1 N–H and O–H groups in total. The molecular formula is C8H16N4. The Morgan fingerprint density at radius 2 is 2.42 bits per heavy atom. The largest absolute Gasteiger partial charge is 0.314 e. The van der Waals surface area contributed by atoms with Crippen molar-refractivity contribution >= 4 is 0 Å². The van der Waals surface area contributed by atoms with E-state index in [1.807, 2.05) is 7.05 Å². The Bertz CT molecular complexity index is 231. The van der Waals surface area contributed by atoms with E-state index in [9.17, 15) is 0 Å². The standard InChI is InChI=1S/C8H16N4/c1-4-7(2)12-6-10-11-8(12)5-9-3/h6-7,9H,4-5H2,1-3H3. The van der Waals surface area contributed by atoms with Gasteiger partial charge in [0.25, 0.3) is 0 Å². The molecule has 1 aromatic heterocycles. The Morgan fingerprint density at radius 3 is 3.00 bits per heavy atom. The summed E-state index contributed by atoms with van der Waals surface area (Å²) < 4.78 is 2.11. The third-order valence-electron chi connectivity index (χ3n) is 2.05. The van der Waals surface area contributed by atoms with Crippen LogP contribution < -0.4 is 5.32 Å². The second-order valence-corrected chi connectivity index (χ2v) is 2.94. The molecule has 0 bridgehead atoms. The van der Waals surface area contributed by atoms with Crippen LogP contribution in [-0.4, -0.2) is 21.8 Å². The molecule has 1 heterocycles. The van der Waals surface area contributed by atoms with E-state index in [4.69, 9.17) is 0 Å². The van der Waals surface area contributed by atoms with Crippen LogP contribution in [0, 0.1) is 0 Å². The highest BCUT2D eigenvalue weighted by atomic mass is 15.3. The predicted octanol–water partition coefficient (Wildman–Crippen LogP) is 0.968. The predicted molar refractivity (Wildman–Crippen MR) is 47.8 cm³/mol. The summed E-state index contributed by atoms with van der Waals surface area (Å²) in [7, 11) is 1.91. The van der Waals surface area contributed by atoms with Gasteiger partial charge in [-0.1, -0.05) is 6.92 Å². The Morgan fingerprint density at radius 1 is 1.67 bits per heavy atom. The summed E-state index contributed by atoms with van der Waals surface area (Å²) >= 11 is 0. The van der Waals surface area contributed by atoms with Crippen molar-refractivity contribution in [1.29, 1.82) is 0 Å². The average Bonchev–Trinajstić information content (AvgIpc) is 2.52. The molecule has 0 saturated heterocycles. The molecule has 1 atom stereocenters. The second kappa shape index (κ2) is 4.21. The summed E-state index contributed by atoms with van der Waals surface area (Å²) in [6, 6.07) is 0.489. The Labute approximate surface area is 73.0 Å². The minimum absolute atomic E-state index is 0.489. The fourth-order valence-corrected chi connectivity index (χ4v) is 1.12. The van der Waals surface area contributed by atoms with Gasteiger partial charge in [-0.25, -0.2) is 0 Å². The molecule has 0 saturated carbocycles. The first-order valence-corrected chi connectivity index (χ1v) is 4.32. The molecule has 1 rings (SSSR count). The first-order valence-electron chi connectivity index (χ1n) is 4.32. The molecule has 4 nitrogen and oxygen atoms in total. The number of nitrogens with zero attached hydrogens (tertiary/aromatic N) is 3. The fourth-order valence-electron chi connectivity index (χ4n) is 1.12. The smallest absolute Gasteiger partial charge is 0.147 e. The quantitative estimate of drug-likeness (QED) is 0.728. The van der Waals surface area contributed by atoms with E-state index in [0.29, 0.717) is 6.04 Å². The van der Waals surface area contributed by atoms with Gasteiger partial charge in [-0.2, -0.15) is 0 Å². The van der Waals surface area contributed by atoms with Gasteiger partial charge in [-0.15, -0.1) is 10.2 Å². The SMILES string of the molecule is CCC(C)n1cnnc1CNC. The lowest BCUT2D eigenvalue weighted by molar-refractivity contribution is 0.501. The highest BCUT2D eigenvalue weighted by Gasteiger charge is 2.07. The lowest BCUT2D eigenvalue weighted by Gasteiger charge is -2.12. The molecule has 0 aromatic carbocycles. The number of nitrogens with one attached hydrogen (secondary N) is 1. The topological polar surface area (TPSA) is 42.7 Å². The molecule has 0 aliphatic rings. The zero-order valence-electron chi connectivity index (χ0n) is 7.91. The van der Waals surface area contributed by atoms with Crippen molar-refractivity contribution in [1.82, 2.24) is 20.1 Å². The molecule has 12 heavy (non-hydrogen) atoms. The van der Waals surface area contributed by atoms with Gasteiger partial charge in [-0.3, -0.25) is 0 Å². The summed E-state index contributed by atoms with van der Waals surface area (Å²) in [5.41, 5.74) is 0. The van der Waals surface area contributed by atoms with Gasteiger partial charge >= 0.3 is 0 Å². The molecule has 1 unspecified atom stereocenters. The molecule has 0 aliphatic heterocycles. The monoisotopic (exact) mass is 168 g/mol. The van der Waals surface area contributed by atoms with E-state index in [0.717, 1.165) is 18.8 Å². The normalized spacial score (nSPS) is 13.2. The lowest BCUT2D eigenvalue weighted by Crippen LogP contribution is -2.14. The molecule has 1 aromatic rings. The zero-order valence-corrected chi connectivity index (χ0v) is 7.91. The first-order chi connectivity index (χ1) is 5.79. The minimum atomic E-state index is 0.489. The Kier molecular flexibility index (Phi) is 3.22. The summed E-state index contributed by atoms with van der Waals surface area (Å²) in [5.74, 6) is 1.01. The van der Waals surface area contributed by atoms with Crippen molar-refractivity contribution in [2.75, 3.05) is 7.05 Å². The van der Waals surface area contributed by atoms with Crippen LogP contribution in [0.25, 0.3) is 0 Å². The highest BCUT2D eigenvalue weighted by Crippen LogP contribution is 2.10. The van der Waals surface area contributed by atoms with E-state index in [1.54, 1.807) is 6.33 Å². The van der Waals surface area contributed by atoms with Crippen LogP contribution in [0.15, 0.2) is 6.33 Å². The average molecular weight is 168 g/mol. The van der Waals surface area contributed by atoms with E-state index < -0.39 is 0 Å². The number of hydrogen-bond acceptors (Lipinski definition) is 3. The maximum absolute atomic E-state index is 4.03. The molecule has 0 radical (unpaired) electrons. The van der Waals surface area contributed by atoms with Crippen LogP contribution in [0.3, 0.4) is 0 Å². The van der Waals surface area contributed by atoms with Crippen molar-refractivity contribution in [2.24, 2.45) is 0 Å². The fraction of sp³-hybridized carbons (Fsp3) is 0.750. The van der Waals surface area contributed by atoms with Gasteiger partial charge in [0.1, 0.15) is 12.2 Å². The van der Waals surface area contributed by atoms with Gasteiger partial charge in [0, 0.05) is 6.04 Å². The lowest BCUT2D eigenvalue weighted by atomic mass is 10.2. The number of rotatable bonds is 4. The third-order valence-corrected chi connectivity index (χ3v) is 2.05. The molecule has 0 fully saturated rings. The highest BCUT2D eigenvalue weighted by molar-refractivity contribution is 4.87. The van der Waals surface area contributed by atoms with Crippen LogP contribution in [0.5, 0.6) is 0 Å². The van der Waals surface area contributed by atoms with Crippen molar-refractivity contribution in [3.05, 3.63) is 12.2 Å². The van der Waals surface area contributed by atoms with Crippen LogP contribution in [0.4, 0.5) is 0 Å². The Hall–Kier alpha value is -0.900. The second-order valence-electron chi connectivity index (χ2n) is 2.94. The van der Waals surface area contributed by atoms with Crippen molar-refractivity contribution in [3.63, 3.8) is 0 Å². The van der Waals surface area contributed by atoms with Gasteiger partial charge in [-0.05, 0) is 20.4 Å². The zero-order chi connectivity index (χ0) is 8.97. The summed E-state index contributed by atoms with van der Waals surface area (Å²) in [4.78, 5) is 0.